The van der Waals surface area contributed by atoms with E-state index in [2.05, 4.69) is 51.6 Å². The van der Waals surface area contributed by atoms with Crippen LogP contribution in [0.4, 0.5) is 0 Å². The molecule has 1 saturated heterocycles. The second-order valence-electron chi connectivity index (χ2n) is 11.5. The molecular weight excluding hydrogens is 548 g/mol. The van der Waals surface area contributed by atoms with Crippen LogP contribution < -0.4 is 10.4 Å². The minimum atomic E-state index is -3.00. The summed E-state index contributed by atoms with van der Waals surface area (Å²) in [5.41, 5.74) is -0.400. The Kier molecular flexibility index (Phi) is 9.84. The van der Waals surface area contributed by atoms with Gasteiger partial charge in [0.1, 0.15) is 11.7 Å². The summed E-state index contributed by atoms with van der Waals surface area (Å²) in [6, 6.07) is 30.1. The summed E-state index contributed by atoms with van der Waals surface area (Å²) in [5, 5.41) is 1.88. The van der Waals surface area contributed by atoms with Crippen LogP contribution in [0.15, 0.2) is 104 Å². The molecule has 0 radical (unpaired) electrons. The minimum Gasteiger partial charge on any atom is -0.453 e. The average Bonchev–Trinajstić information content (AvgIpc) is 3.24. The molecule has 7 nitrogen and oxygen atoms in total. The van der Waals surface area contributed by atoms with Gasteiger partial charge in [-0.05, 0) is 21.0 Å². The number of hydrogen-bond acceptors (Lipinski definition) is 7. The van der Waals surface area contributed by atoms with Crippen LogP contribution in [0.3, 0.4) is 0 Å². The largest absolute Gasteiger partial charge is 0.453 e. The van der Waals surface area contributed by atoms with E-state index in [0.29, 0.717) is 0 Å². The van der Waals surface area contributed by atoms with Crippen molar-refractivity contribution >= 4 is 30.6 Å². The molecule has 4 unspecified atom stereocenters. The van der Waals surface area contributed by atoms with Crippen molar-refractivity contribution in [3.8, 4) is 0 Å². The molecule has 0 amide bonds. The molecule has 1 aliphatic rings. The molecule has 0 saturated carbocycles. The molecule has 3 aromatic carbocycles. The topological polar surface area (TPSA) is 80.3 Å². The molecule has 1 aliphatic heterocycles. The molecule has 8 heteroatoms. The number of benzene rings is 3. The Balaban J connectivity index is 1.80. The van der Waals surface area contributed by atoms with Gasteiger partial charge in [-0.1, -0.05) is 118 Å². The van der Waals surface area contributed by atoms with Crippen LogP contribution in [-0.4, -0.2) is 51.0 Å². The number of hydrogen-bond donors (Lipinski definition) is 0. The highest BCUT2D eigenvalue weighted by molar-refractivity contribution is 6.99. The normalized spacial score (nSPS) is 22.4. The lowest BCUT2D eigenvalue weighted by Crippen LogP contribution is -2.68. The molecule has 222 valence electrons. The van der Waals surface area contributed by atoms with E-state index in [0.717, 1.165) is 15.9 Å². The second kappa shape index (κ2) is 13.2. The van der Waals surface area contributed by atoms with E-state index in [1.54, 1.807) is 6.08 Å². The Labute approximate surface area is 249 Å². The third-order valence-corrected chi connectivity index (χ3v) is 12.5. The zero-order valence-corrected chi connectivity index (χ0v) is 25.9. The summed E-state index contributed by atoms with van der Waals surface area (Å²) in [7, 11) is -3.00. The van der Waals surface area contributed by atoms with E-state index >= 15 is 0 Å². The summed E-state index contributed by atoms with van der Waals surface area (Å²) in [6.07, 6.45) is -1.54. The molecule has 1 heterocycles. The molecule has 1 fully saturated rings. The highest BCUT2D eigenvalue weighted by atomic mass is 28.4. The van der Waals surface area contributed by atoms with E-state index < -0.39 is 44.4 Å². The predicted octanol–water partition coefficient (Wildman–Crippen LogP) is 4.92. The van der Waals surface area contributed by atoms with Crippen LogP contribution in [-0.2, 0) is 39.6 Å². The Morgan fingerprint density at radius 3 is 1.81 bits per heavy atom. The van der Waals surface area contributed by atoms with E-state index in [-0.39, 0.29) is 18.3 Å². The van der Waals surface area contributed by atoms with Gasteiger partial charge >= 0.3 is 11.9 Å². The summed E-state index contributed by atoms with van der Waals surface area (Å²) >= 11 is 0. The van der Waals surface area contributed by atoms with E-state index in [9.17, 15) is 9.59 Å². The van der Waals surface area contributed by atoms with Crippen molar-refractivity contribution in [2.45, 2.75) is 70.4 Å². The van der Waals surface area contributed by atoms with Crippen molar-refractivity contribution in [3.63, 3.8) is 0 Å². The van der Waals surface area contributed by atoms with Crippen molar-refractivity contribution in [1.82, 2.24) is 0 Å². The summed E-state index contributed by atoms with van der Waals surface area (Å²) in [4.78, 5) is 24.3. The van der Waals surface area contributed by atoms with Gasteiger partial charge in [-0.25, -0.2) is 0 Å². The Bertz CT molecular complexity index is 1300. The number of ether oxygens (including phenoxy) is 4. The zero-order valence-electron chi connectivity index (χ0n) is 24.9. The van der Waals surface area contributed by atoms with Crippen LogP contribution in [0.1, 0.15) is 40.2 Å². The maximum atomic E-state index is 12.2. The third kappa shape index (κ3) is 6.57. The average molecular weight is 589 g/mol. The smallest absolute Gasteiger partial charge is 0.305 e. The first-order valence-electron chi connectivity index (χ1n) is 14.1. The van der Waals surface area contributed by atoms with Crippen molar-refractivity contribution in [2.24, 2.45) is 0 Å². The van der Waals surface area contributed by atoms with Crippen molar-refractivity contribution in [2.75, 3.05) is 6.61 Å². The van der Waals surface area contributed by atoms with E-state index in [4.69, 9.17) is 23.4 Å². The lowest BCUT2D eigenvalue weighted by atomic mass is 9.96. The Morgan fingerprint density at radius 2 is 1.36 bits per heavy atom. The van der Waals surface area contributed by atoms with E-state index in [1.807, 2.05) is 66.7 Å². The monoisotopic (exact) mass is 588 g/mol. The van der Waals surface area contributed by atoms with Crippen LogP contribution in [0.25, 0.3) is 0 Å². The van der Waals surface area contributed by atoms with Crippen LogP contribution >= 0.6 is 0 Å². The quantitative estimate of drug-likeness (QED) is 0.179. The molecule has 42 heavy (non-hydrogen) atoms. The van der Waals surface area contributed by atoms with E-state index in [1.165, 1.54) is 13.8 Å². The first-order chi connectivity index (χ1) is 20.0. The second-order valence-corrected chi connectivity index (χ2v) is 15.8. The highest BCUT2D eigenvalue weighted by Gasteiger charge is 2.60. The van der Waals surface area contributed by atoms with Crippen LogP contribution in [0.5, 0.6) is 0 Å². The first kappa shape index (κ1) is 31.4. The van der Waals surface area contributed by atoms with Gasteiger partial charge in [0.2, 0.25) is 6.29 Å². The number of carbonyl (C=O) groups excluding carboxylic acids is 2. The molecule has 0 aromatic heterocycles. The third-order valence-electron chi connectivity index (χ3n) is 7.52. The first-order valence-corrected chi connectivity index (χ1v) is 16.0. The summed E-state index contributed by atoms with van der Waals surface area (Å²) in [6.45, 7) is 13.4. The molecule has 4 rings (SSSR count). The van der Waals surface area contributed by atoms with Crippen molar-refractivity contribution < 1.29 is 33.0 Å². The van der Waals surface area contributed by atoms with Gasteiger partial charge in [0, 0.05) is 13.8 Å². The van der Waals surface area contributed by atoms with Gasteiger partial charge < -0.3 is 23.4 Å². The molecule has 3 aromatic rings. The fourth-order valence-corrected chi connectivity index (χ4v) is 10.3. The maximum absolute atomic E-state index is 12.2. The molecule has 4 atom stereocenters. The highest BCUT2D eigenvalue weighted by Crippen LogP contribution is 2.42. The molecule has 0 aliphatic carbocycles. The SMILES string of the molecule is C=CC1(CO[Si](c2ccccc2)(c2ccccc2)C(C)(C)C)OC(OC(C)=O)C(OC(C)=O)C1OCc1ccccc1. The standard InChI is InChI=1S/C34H40O7Si/c1-7-34(24-38-42(33(4,5)6,28-19-13-9-14-20-28)29-21-15-10-16-22-29)31(37-23-27-17-11-8-12-18-27)30(39-25(2)35)32(41-34)40-26(3)36/h7-22,30-32H,1,23-24H2,2-6H3. The fourth-order valence-electron chi connectivity index (χ4n) is 5.65. The van der Waals surface area contributed by atoms with Crippen molar-refractivity contribution in [3.05, 3.63) is 109 Å². The molecule has 0 bridgehead atoms. The maximum Gasteiger partial charge on any atom is 0.305 e. The summed E-state index contributed by atoms with van der Waals surface area (Å²) < 4.78 is 31.3. The molecule has 0 spiro atoms. The van der Waals surface area contributed by atoms with Crippen molar-refractivity contribution in [1.29, 1.82) is 0 Å². The number of esters is 2. The van der Waals surface area contributed by atoms with Gasteiger partial charge in [0.05, 0.1) is 13.2 Å². The minimum absolute atomic E-state index is 0.0127. The van der Waals surface area contributed by atoms with Gasteiger partial charge in [-0.3, -0.25) is 9.59 Å². The lowest BCUT2D eigenvalue weighted by molar-refractivity contribution is -0.201. The predicted molar refractivity (Wildman–Crippen MR) is 164 cm³/mol. The zero-order chi connectivity index (χ0) is 30.4. The Hall–Kier alpha value is -3.56. The molecular formula is C34H40O7Si. The van der Waals surface area contributed by atoms with Gasteiger partial charge in [0.15, 0.2) is 6.10 Å². The van der Waals surface area contributed by atoms with Crippen LogP contribution in [0, 0.1) is 0 Å². The Morgan fingerprint density at radius 1 is 0.857 bits per heavy atom. The number of rotatable bonds is 11. The summed E-state index contributed by atoms with van der Waals surface area (Å²) in [5.74, 6) is -1.13. The number of carbonyl (C=O) groups is 2. The lowest BCUT2D eigenvalue weighted by Gasteiger charge is -2.45. The van der Waals surface area contributed by atoms with Gasteiger partial charge in [-0.2, -0.15) is 0 Å². The van der Waals surface area contributed by atoms with Gasteiger partial charge in [-0.15, -0.1) is 6.58 Å². The van der Waals surface area contributed by atoms with Gasteiger partial charge in [0.25, 0.3) is 8.32 Å². The fraction of sp³-hybridized carbons (Fsp3) is 0.353. The van der Waals surface area contributed by atoms with Crippen LogP contribution in [0.2, 0.25) is 5.04 Å². The molecule has 0 N–H and O–H groups in total.